The van der Waals surface area contributed by atoms with Gasteiger partial charge in [-0.3, -0.25) is 4.79 Å². The van der Waals surface area contributed by atoms with Crippen LogP contribution in [0.2, 0.25) is 5.02 Å². The Labute approximate surface area is 127 Å². The van der Waals surface area contributed by atoms with Gasteiger partial charge >= 0.3 is 5.97 Å². The molecule has 0 aromatic heterocycles. The molecule has 2 N–H and O–H groups in total. The van der Waals surface area contributed by atoms with Crippen molar-refractivity contribution in [3.63, 3.8) is 0 Å². The van der Waals surface area contributed by atoms with Crippen molar-refractivity contribution in [2.75, 3.05) is 5.32 Å². The molecule has 2 rings (SSSR count). The Kier molecular flexibility index (Phi) is 4.60. The predicted octanol–water partition coefficient (Wildman–Crippen LogP) is 3.78. The topological polar surface area (TPSA) is 66.4 Å². The van der Waals surface area contributed by atoms with Crippen molar-refractivity contribution >= 4 is 29.2 Å². The molecular formula is C16H14ClNO3. The molecule has 1 atom stereocenters. The summed E-state index contributed by atoms with van der Waals surface area (Å²) in [5.74, 6) is -1.68. The van der Waals surface area contributed by atoms with Gasteiger partial charge in [-0.15, -0.1) is 0 Å². The molecule has 0 saturated carbocycles. The minimum absolute atomic E-state index is 0.0400. The largest absolute Gasteiger partial charge is 0.478 e. The second-order valence-corrected chi connectivity index (χ2v) is 5.03. The van der Waals surface area contributed by atoms with Crippen LogP contribution >= 0.6 is 11.6 Å². The average Bonchev–Trinajstić information content (AvgIpc) is 2.49. The highest BCUT2D eigenvalue weighted by Crippen LogP contribution is 2.22. The third kappa shape index (κ3) is 3.61. The molecular weight excluding hydrogens is 290 g/mol. The fourth-order valence-electron chi connectivity index (χ4n) is 1.91. The molecule has 108 valence electrons. The molecule has 4 nitrogen and oxygen atoms in total. The smallest absolute Gasteiger partial charge is 0.337 e. The standard InChI is InChI=1S/C16H14ClNO3/c1-10(11-5-3-2-4-6-11)15(19)18-12-7-8-14(17)13(9-12)16(20)21/h2-10H,1H3,(H,18,19)(H,20,21). The number of nitrogens with one attached hydrogen (secondary N) is 1. The van der Waals surface area contributed by atoms with Crippen molar-refractivity contribution in [2.24, 2.45) is 0 Å². The van der Waals surface area contributed by atoms with Crippen molar-refractivity contribution < 1.29 is 14.7 Å². The molecule has 0 radical (unpaired) electrons. The Morgan fingerprint density at radius 1 is 1.14 bits per heavy atom. The Morgan fingerprint density at radius 3 is 2.43 bits per heavy atom. The van der Waals surface area contributed by atoms with Gasteiger partial charge in [0.25, 0.3) is 0 Å². The molecule has 0 aliphatic carbocycles. The SMILES string of the molecule is CC(C(=O)Nc1ccc(Cl)c(C(=O)O)c1)c1ccccc1. The van der Waals surface area contributed by atoms with Crippen molar-refractivity contribution in [1.82, 2.24) is 0 Å². The third-order valence-corrected chi connectivity index (χ3v) is 3.49. The maximum Gasteiger partial charge on any atom is 0.337 e. The summed E-state index contributed by atoms with van der Waals surface area (Å²) in [6.07, 6.45) is 0. The summed E-state index contributed by atoms with van der Waals surface area (Å²) in [6.45, 7) is 1.79. The number of anilines is 1. The van der Waals surface area contributed by atoms with E-state index in [9.17, 15) is 9.59 Å². The van der Waals surface area contributed by atoms with Gasteiger partial charge in [0.15, 0.2) is 0 Å². The van der Waals surface area contributed by atoms with E-state index in [-0.39, 0.29) is 22.4 Å². The minimum Gasteiger partial charge on any atom is -0.478 e. The van der Waals surface area contributed by atoms with E-state index in [1.54, 1.807) is 13.0 Å². The molecule has 0 aliphatic heterocycles. The van der Waals surface area contributed by atoms with Gasteiger partial charge in [0.2, 0.25) is 5.91 Å². The number of carboxylic acid groups (broad SMARTS) is 1. The molecule has 1 amide bonds. The second-order valence-electron chi connectivity index (χ2n) is 4.62. The first-order valence-corrected chi connectivity index (χ1v) is 6.75. The van der Waals surface area contributed by atoms with Crippen LogP contribution in [0.25, 0.3) is 0 Å². The van der Waals surface area contributed by atoms with Gasteiger partial charge in [0.05, 0.1) is 16.5 Å². The van der Waals surface area contributed by atoms with Crippen molar-refractivity contribution in [3.05, 3.63) is 64.7 Å². The van der Waals surface area contributed by atoms with Crippen LogP contribution in [0.5, 0.6) is 0 Å². The molecule has 0 saturated heterocycles. The molecule has 5 heteroatoms. The number of carboxylic acids is 1. The van der Waals surface area contributed by atoms with Crippen LogP contribution in [-0.2, 0) is 4.79 Å². The van der Waals surface area contributed by atoms with Gasteiger partial charge in [-0.1, -0.05) is 41.9 Å². The Balaban J connectivity index is 2.16. The summed E-state index contributed by atoms with van der Waals surface area (Å²) >= 11 is 5.79. The second kappa shape index (κ2) is 6.41. The van der Waals surface area contributed by atoms with Crippen LogP contribution in [0.1, 0.15) is 28.8 Å². The summed E-state index contributed by atoms with van der Waals surface area (Å²) in [4.78, 5) is 23.2. The molecule has 0 aliphatic rings. The highest BCUT2D eigenvalue weighted by Gasteiger charge is 2.16. The zero-order valence-electron chi connectivity index (χ0n) is 11.3. The van der Waals surface area contributed by atoms with Crippen molar-refractivity contribution in [2.45, 2.75) is 12.8 Å². The van der Waals surface area contributed by atoms with E-state index in [1.807, 2.05) is 30.3 Å². The molecule has 0 heterocycles. The first-order chi connectivity index (χ1) is 9.99. The first kappa shape index (κ1) is 15.1. The van der Waals surface area contributed by atoms with E-state index in [4.69, 9.17) is 16.7 Å². The number of amides is 1. The maximum atomic E-state index is 12.2. The quantitative estimate of drug-likeness (QED) is 0.903. The van der Waals surface area contributed by atoms with Crippen molar-refractivity contribution in [1.29, 1.82) is 0 Å². The lowest BCUT2D eigenvalue weighted by Crippen LogP contribution is -2.19. The van der Waals surface area contributed by atoms with E-state index in [0.717, 1.165) is 5.56 Å². The lowest BCUT2D eigenvalue weighted by molar-refractivity contribution is -0.117. The molecule has 0 fully saturated rings. The van der Waals surface area contributed by atoms with Crippen LogP contribution in [0, 0.1) is 0 Å². The van der Waals surface area contributed by atoms with Gasteiger partial charge in [-0.05, 0) is 30.7 Å². The number of hydrogen-bond acceptors (Lipinski definition) is 2. The van der Waals surface area contributed by atoms with Gasteiger partial charge < -0.3 is 10.4 Å². The summed E-state index contributed by atoms with van der Waals surface area (Å²) in [5.41, 5.74) is 1.26. The highest BCUT2D eigenvalue weighted by molar-refractivity contribution is 6.33. The molecule has 0 bridgehead atoms. The first-order valence-electron chi connectivity index (χ1n) is 6.37. The summed E-state index contributed by atoms with van der Waals surface area (Å²) in [6, 6.07) is 13.7. The monoisotopic (exact) mass is 303 g/mol. The molecule has 2 aromatic rings. The van der Waals surface area contributed by atoms with Crippen LogP contribution in [0.3, 0.4) is 0 Å². The van der Waals surface area contributed by atoms with E-state index in [1.165, 1.54) is 12.1 Å². The molecule has 2 aromatic carbocycles. The van der Waals surface area contributed by atoms with Gasteiger partial charge in [0, 0.05) is 5.69 Å². The Bertz CT molecular complexity index is 670. The van der Waals surface area contributed by atoms with Gasteiger partial charge in [-0.25, -0.2) is 4.79 Å². The van der Waals surface area contributed by atoms with Crippen LogP contribution in [0.15, 0.2) is 48.5 Å². The molecule has 1 unspecified atom stereocenters. The average molecular weight is 304 g/mol. The van der Waals surface area contributed by atoms with Crippen LogP contribution < -0.4 is 5.32 Å². The normalized spacial score (nSPS) is 11.7. The van der Waals surface area contributed by atoms with Gasteiger partial charge in [-0.2, -0.15) is 0 Å². The van der Waals surface area contributed by atoms with Crippen LogP contribution in [-0.4, -0.2) is 17.0 Å². The van der Waals surface area contributed by atoms with Gasteiger partial charge in [0.1, 0.15) is 0 Å². The lowest BCUT2D eigenvalue weighted by atomic mass is 10.0. The minimum atomic E-state index is -1.13. The summed E-state index contributed by atoms with van der Waals surface area (Å²) in [5, 5.41) is 11.9. The number of rotatable bonds is 4. The molecule has 21 heavy (non-hydrogen) atoms. The van der Waals surface area contributed by atoms with E-state index >= 15 is 0 Å². The number of benzene rings is 2. The predicted molar refractivity (Wildman–Crippen MR) is 81.9 cm³/mol. The maximum absolute atomic E-state index is 12.2. The number of halogens is 1. The Hall–Kier alpha value is -2.33. The summed E-state index contributed by atoms with van der Waals surface area (Å²) in [7, 11) is 0. The zero-order valence-corrected chi connectivity index (χ0v) is 12.1. The number of carbonyl (C=O) groups excluding carboxylic acids is 1. The zero-order chi connectivity index (χ0) is 15.4. The number of carbonyl (C=O) groups is 2. The third-order valence-electron chi connectivity index (χ3n) is 3.16. The van der Waals surface area contributed by atoms with E-state index < -0.39 is 5.97 Å². The van der Waals surface area contributed by atoms with E-state index in [2.05, 4.69) is 5.32 Å². The molecule has 0 spiro atoms. The fourth-order valence-corrected chi connectivity index (χ4v) is 2.11. The van der Waals surface area contributed by atoms with E-state index in [0.29, 0.717) is 5.69 Å². The number of hydrogen-bond donors (Lipinski definition) is 2. The highest BCUT2D eigenvalue weighted by atomic mass is 35.5. The lowest BCUT2D eigenvalue weighted by Gasteiger charge is -2.13. The number of aromatic carboxylic acids is 1. The van der Waals surface area contributed by atoms with Crippen LogP contribution in [0.4, 0.5) is 5.69 Å². The fraction of sp³-hybridized carbons (Fsp3) is 0.125. The van der Waals surface area contributed by atoms with Crippen molar-refractivity contribution in [3.8, 4) is 0 Å². The Morgan fingerprint density at radius 2 is 1.81 bits per heavy atom. The summed E-state index contributed by atoms with van der Waals surface area (Å²) < 4.78 is 0.